The zero-order valence-electron chi connectivity index (χ0n) is 6.01. The van der Waals surface area contributed by atoms with Crippen molar-refractivity contribution in [3.63, 3.8) is 0 Å². The molecule has 0 aromatic carbocycles. The highest BCUT2D eigenvalue weighted by atomic mass is 32.1. The zero-order valence-corrected chi connectivity index (χ0v) is 6.91. The Hall–Kier alpha value is -0.900. The number of aliphatic imine (C=N–C) groups is 1. The van der Waals surface area contributed by atoms with E-state index in [0.717, 1.165) is 19.0 Å². The van der Waals surface area contributed by atoms with Crippen LogP contribution in [0.1, 0.15) is 0 Å². The molecule has 0 saturated carbocycles. The Labute approximate surface area is 71.2 Å². The highest BCUT2D eigenvalue weighted by molar-refractivity contribution is 7.78. The Morgan fingerprint density at radius 3 is 3.27 bits per heavy atom. The quantitative estimate of drug-likeness (QED) is 0.539. The number of hydrogen-bond donors (Lipinski definition) is 1. The van der Waals surface area contributed by atoms with Crippen molar-refractivity contribution in [2.45, 2.75) is 0 Å². The molecular weight excluding hydrogens is 158 g/mol. The van der Waals surface area contributed by atoms with E-state index in [1.807, 2.05) is 12.2 Å². The second-order valence-corrected chi connectivity index (χ2v) is 2.89. The van der Waals surface area contributed by atoms with Gasteiger partial charge in [0.25, 0.3) is 0 Å². The molecule has 0 radical (unpaired) electrons. The molecule has 58 valence electrons. The number of nitrogens with zero attached hydrogens (tertiary/aromatic N) is 3. The summed E-state index contributed by atoms with van der Waals surface area (Å²) in [4.78, 5) is 6.26. The summed E-state index contributed by atoms with van der Waals surface area (Å²) < 4.78 is 1.73. The van der Waals surface area contributed by atoms with Crippen molar-refractivity contribution >= 4 is 19.2 Å². The molecule has 0 atom stereocenters. The first-order chi connectivity index (χ1) is 5.38. The lowest BCUT2D eigenvalue weighted by Gasteiger charge is -2.33. The summed E-state index contributed by atoms with van der Waals surface area (Å²) in [7, 11) is 0. The second kappa shape index (κ2) is 2.62. The summed E-state index contributed by atoms with van der Waals surface area (Å²) >= 11 is 4.22. The van der Waals surface area contributed by atoms with Crippen molar-refractivity contribution in [3.8, 4) is 0 Å². The highest BCUT2D eigenvalue weighted by Gasteiger charge is 2.16. The van der Waals surface area contributed by atoms with Crippen LogP contribution in [0, 0.1) is 0 Å². The van der Waals surface area contributed by atoms with Crippen molar-refractivity contribution in [1.29, 1.82) is 0 Å². The summed E-state index contributed by atoms with van der Waals surface area (Å²) in [6.07, 6.45) is 7.90. The lowest BCUT2D eigenvalue weighted by Crippen LogP contribution is -2.35. The van der Waals surface area contributed by atoms with Crippen molar-refractivity contribution in [3.05, 3.63) is 24.0 Å². The third kappa shape index (κ3) is 1.14. The molecule has 0 unspecified atom stereocenters. The maximum absolute atomic E-state index is 4.22. The lowest BCUT2D eigenvalue weighted by molar-refractivity contribution is 0.330. The Balaban J connectivity index is 2.29. The predicted octanol–water partition coefficient (Wildman–Crippen LogP) is 0.846. The average Bonchev–Trinajstić information content (AvgIpc) is 2.06. The van der Waals surface area contributed by atoms with E-state index < -0.39 is 0 Å². The van der Waals surface area contributed by atoms with Gasteiger partial charge in [0.15, 0.2) is 0 Å². The highest BCUT2D eigenvalue weighted by Crippen LogP contribution is 2.17. The normalized spacial score (nSPS) is 21.7. The maximum atomic E-state index is 4.22. The van der Waals surface area contributed by atoms with Gasteiger partial charge in [0.2, 0.25) is 0 Å². The second-order valence-electron chi connectivity index (χ2n) is 2.46. The molecule has 2 aliphatic heterocycles. The summed E-state index contributed by atoms with van der Waals surface area (Å²) in [5.74, 6) is 1.10. The first kappa shape index (κ1) is 6.79. The molecule has 0 spiro atoms. The molecule has 3 nitrogen and oxygen atoms in total. The predicted molar refractivity (Wildman–Crippen MR) is 48.1 cm³/mol. The van der Waals surface area contributed by atoms with Gasteiger partial charge < -0.3 is 4.90 Å². The fraction of sp³-hybridized carbons (Fsp3) is 0.286. The van der Waals surface area contributed by atoms with Gasteiger partial charge in [-0.15, -0.1) is 0 Å². The molecule has 0 amide bonds. The minimum Gasteiger partial charge on any atom is -0.334 e. The molecule has 0 aromatic rings. The molecule has 0 aliphatic carbocycles. The monoisotopic (exact) mass is 167 g/mol. The number of allylic oxidation sites excluding steroid dienone is 2. The zero-order chi connectivity index (χ0) is 7.68. The molecule has 0 bridgehead atoms. The summed E-state index contributed by atoms with van der Waals surface area (Å²) in [5.41, 5.74) is 0. The fourth-order valence-electron chi connectivity index (χ4n) is 1.16. The van der Waals surface area contributed by atoms with Crippen molar-refractivity contribution in [2.24, 2.45) is 4.99 Å². The Morgan fingerprint density at radius 1 is 1.55 bits per heavy atom. The minimum absolute atomic E-state index is 0.743. The van der Waals surface area contributed by atoms with Crippen LogP contribution in [-0.4, -0.2) is 28.8 Å². The van der Waals surface area contributed by atoms with Gasteiger partial charge in [-0.3, -0.25) is 9.30 Å². The van der Waals surface area contributed by atoms with E-state index in [-0.39, 0.29) is 0 Å². The van der Waals surface area contributed by atoms with Crippen LogP contribution >= 0.6 is 12.8 Å². The third-order valence-corrected chi connectivity index (χ3v) is 2.02. The molecule has 2 aliphatic rings. The number of thiol groups is 1. The first-order valence-electron chi connectivity index (χ1n) is 3.48. The molecular formula is C7H9N3S. The van der Waals surface area contributed by atoms with Crippen LogP contribution in [0.3, 0.4) is 0 Å². The van der Waals surface area contributed by atoms with Crippen molar-refractivity contribution < 1.29 is 0 Å². The van der Waals surface area contributed by atoms with Gasteiger partial charge in [0, 0.05) is 6.54 Å². The van der Waals surface area contributed by atoms with Gasteiger partial charge in [-0.1, -0.05) is 25.0 Å². The molecule has 0 saturated heterocycles. The first-order valence-corrected chi connectivity index (χ1v) is 3.88. The van der Waals surface area contributed by atoms with E-state index >= 15 is 0 Å². The molecule has 2 rings (SSSR count). The largest absolute Gasteiger partial charge is 0.334 e. The van der Waals surface area contributed by atoms with Crippen LogP contribution in [0.2, 0.25) is 0 Å². The average molecular weight is 167 g/mol. The van der Waals surface area contributed by atoms with E-state index in [9.17, 15) is 0 Å². The standard InChI is InChI=1S/C7H9N3S/c11-10-6-8-5-9-4-2-1-3-7(9)10/h1-3,6,11H,4-5H2. The maximum Gasteiger partial charge on any atom is 0.121 e. The Bertz CT molecular complexity index is 244. The van der Waals surface area contributed by atoms with Crippen molar-refractivity contribution in [2.75, 3.05) is 13.2 Å². The van der Waals surface area contributed by atoms with Crippen LogP contribution in [0.15, 0.2) is 29.0 Å². The van der Waals surface area contributed by atoms with Gasteiger partial charge >= 0.3 is 0 Å². The van der Waals surface area contributed by atoms with E-state index in [1.165, 1.54) is 0 Å². The molecule has 0 N–H and O–H groups in total. The fourth-order valence-corrected chi connectivity index (χ4v) is 1.43. The van der Waals surface area contributed by atoms with Crippen LogP contribution in [0.4, 0.5) is 0 Å². The minimum atomic E-state index is 0.743. The van der Waals surface area contributed by atoms with Crippen molar-refractivity contribution in [1.82, 2.24) is 9.21 Å². The molecule has 4 heteroatoms. The topological polar surface area (TPSA) is 18.8 Å². The van der Waals surface area contributed by atoms with Gasteiger partial charge in [0.1, 0.15) is 18.8 Å². The SMILES string of the molecule is SN1C=NCN2CC=CC=C12. The van der Waals surface area contributed by atoms with Gasteiger partial charge in [-0.25, -0.2) is 0 Å². The molecule has 0 fully saturated rings. The van der Waals surface area contributed by atoms with Crippen LogP contribution in [0.5, 0.6) is 0 Å². The molecule has 11 heavy (non-hydrogen) atoms. The van der Waals surface area contributed by atoms with Gasteiger partial charge in [0.05, 0.1) is 0 Å². The Kier molecular flexibility index (Phi) is 1.62. The molecule has 0 aromatic heterocycles. The van der Waals surface area contributed by atoms with Crippen LogP contribution < -0.4 is 0 Å². The third-order valence-electron chi connectivity index (χ3n) is 1.71. The lowest BCUT2D eigenvalue weighted by atomic mass is 10.3. The number of rotatable bonds is 0. The summed E-state index contributed by atoms with van der Waals surface area (Å²) in [5, 5.41) is 0. The van der Waals surface area contributed by atoms with Crippen LogP contribution in [-0.2, 0) is 0 Å². The number of fused-ring (bicyclic) bond motifs is 1. The van der Waals surface area contributed by atoms with Gasteiger partial charge in [-0.2, -0.15) is 0 Å². The van der Waals surface area contributed by atoms with E-state index in [2.05, 4.69) is 28.8 Å². The Morgan fingerprint density at radius 2 is 2.45 bits per heavy atom. The molecule has 2 heterocycles. The summed E-state index contributed by atoms with van der Waals surface area (Å²) in [6.45, 7) is 1.67. The van der Waals surface area contributed by atoms with Gasteiger partial charge in [-0.05, 0) is 6.08 Å². The smallest absolute Gasteiger partial charge is 0.121 e. The van der Waals surface area contributed by atoms with Crippen LogP contribution in [0.25, 0.3) is 0 Å². The van der Waals surface area contributed by atoms with E-state index in [1.54, 1.807) is 10.6 Å². The number of hydrogen-bond acceptors (Lipinski definition) is 4. The van der Waals surface area contributed by atoms with E-state index in [4.69, 9.17) is 0 Å². The summed E-state index contributed by atoms with van der Waals surface area (Å²) in [6, 6.07) is 0. The van der Waals surface area contributed by atoms with E-state index in [0.29, 0.717) is 0 Å².